The maximum atomic E-state index is 12.0. The van der Waals surface area contributed by atoms with Gasteiger partial charge in [0.05, 0.1) is 0 Å². The Morgan fingerprint density at radius 2 is 1.14 bits per heavy atom. The highest BCUT2D eigenvalue weighted by atomic mass is 16.6. The van der Waals surface area contributed by atoms with E-state index in [0.717, 1.165) is 0 Å². The third kappa shape index (κ3) is 9.64. The van der Waals surface area contributed by atoms with E-state index in [0.29, 0.717) is 34.4 Å². The smallest absolute Gasteiger partial charge is 0.412 e. The molecule has 0 unspecified atom stereocenters. The molecule has 0 fully saturated rings. The lowest BCUT2D eigenvalue weighted by Crippen LogP contribution is -2.27. The Morgan fingerprint density at radius 3 is 1.68 bits per heavy atom. The second-order valence-corrected chi connectivity index (χ2v) is 10.2. The third-order valence-corrected chi connectivity index (χ3v) is 4.32. The fourth-order valence-corrected chi connectivity index (χ4v) is 3.03. The topological polar surface area (TPSA) is 115 Å². The number of carbonyl (C=O) groups excluding carboxylic acids is 2. The summed E-state index contributed by atoms with van der Waals surface area (Å²) in [5.41, 5.74) is -0.187. The number of anilines is 2. The molecule has 2 amide bonds. The van der Waals surface area contributed by atoms with Crippen LogP contribution in [0.4, 0.5) is 21.0 Å². The summed E-state index contributed by atoms with van der Waals surface area (Å²) in [4.78, 5) is 24.0. The van der Waals surface area contributed by atoms with Crippen molar-refractivity contribution in [3.05, 3.63) is 66.7 Å². The maximum absolute atomic E-state index is 12.0. The molecule has 0 aliphatic carbocycles. The average molecular weight is 509 g/mol. The molecule has 3 aromatic rings. The Labute approximate surface area is 216 Å². The fraction of sp³-hybridized carbons (Fsp3) is 0.286. The predicted octanol–water partition coefficient (Wildman–Crippen LogP) is 7.67. The van der Waals surface area contributed by atoms with Crippen LogP contribution < -0.4 is 20.1 Å². The number of hydrogen-bond donors (Lipinski definition) is 3. The van der Waals surface area contributed by atoms with Gasteiger partial charge in [0.2, 0.25) is 0 Å². The third-order valence-electron chi connectivity index (χ3n) is 4.32. The van der Waals surface area contributed by atoms with E-state index in [1.165, 1.54) is 12.1 Å². The minimum atomic E-state index is -0.620. The van der Waals surface area contributed by atoms with Crippen molar-refractivity contribution in [2.24, 2.45) is 0 Å². The largest absolute Gasteiger partial charge is 0.508 e. The van der Waals surface area contributed by atoms with Gasteiger partial charge in [-0.1, -0.05) is 6.07 Å². The van der Waals surface area contributed by atoms with Gasteiger partial charge in [0, 0.05) is 35.6 Å². The van der Waals surface area contributed by atoms with Gasteiger partial charge in [-0.05, 0) is 77.9 Å². The molecule has 196 valence electrons. The van der Waals surface area contributed by atoms with Gasteiger partial charge in [0.15, 0.2) is 0 Å². The van der Waals surface area contributed by atoms with Gasteiger partial charge in [0.25, 0.3) is 0 Å². The minimum absolute atomic E-state index is 0.0567. The summed E-state index contributed by atoms with van der Waals surface area (Å²) in [7, 11) is 0. The molecule has 0 saturated heterocycles. The number of phenols is 1. The molecular formula is C28H32N2O7. The number of aromatic hydroxyl groups is 1. The van der Waals surface area contributed by atoms with Gasteiger partial charge < -0.3 is 24.1 Å². The number of rotatable bonds is 6. The summed E-state index contributed by atoms with van der Waals surface area (Å²) in [5.74, 6) is 1.52. The molecule has 0 aliphatic rings. The summed E-state index contributed by atoms with van der Waals surface area (Å²) < 4.78 is 22.2. The number of phenolic OH excluding ortho intramolecular Hbond substituents is 1. The minimum Gasteiger partial charge on any atom is -0.508 e. The monoisotopic (exact) mass is 508 g/mol. The molecule has 0 aliphatic heterocycles. The van der Waals surface area contributed by atoms with Gasteiger partial charge in [-0.3, -0.25) is 10.6 Å². The number of amides is 2. The number of benzene rings is 3. The second kappa shape index (κ2) is 11.1. The Kier molecular flexibility index (Phi) is 8.17. The predicted molar refractivity (Wildman–Crippen MR) is 141 cm³/mol. The second-order valence-electron chi connectivity index (χ2n) is 10.2. The number of hydrogen-bond acceptors (Lipinski definition) is 7. The highest BCUT2D eigenvalue weighted by Gasteiger charge is 2.17. The van der Waals surface area contributed by atoms with Crippen LogP contribution in [0.15, 0.2) is 66.7 Å². The molecule has 0 radical (unpaired) electrons. The molecule has 3 rings (SSSR count). The first-order chi connectivity index (χ1) is 17.2. The molecule has 3 aromatic carbocycles. The molecule has 3 N–H and O–H groups in total. The molecule has 0 heterocycles. The average Bonchev–Trinajstić information content (AvgIpc) is 2.72. The quantitative estimate of drug-likeness (QED) is 0.313. The van der Waals surface area contributed by atoms with Crippen LogP contribution in [0.5, 0.6) is 28.7 Å². The lowest BCUT2D eigenvalue weighted by molar-refractivity contribution is 0.0624. The Hall–Kier alpha value is -4.40. The van der Waals surface area contributed by atoms with Crippen molar-refractivity contribution >= 4 is 23.6 Å². The van der Waals surface area contributed by atoms with Crippen LogP contribution in [-0.2, 0) is 9.47 Å². The summed E-state index contributed by atoms with van der Waals surface area (Å²) >= 11 is 0. The number of ether oxygens (including phenoxy) is 4. The zero-order valence-electron chi connectivity index (χ0n) is 21.7. The van der Waals surface area contributed by atoms with Crippen molar-refractivity contribution in [3.8, 4) is 28.7 Å². The number of nitrogens with one attached hydrogen (secondary N) is 2. The summed E-state index contributed by atoms with van der Waals surface area (Å²) in [6.07, 6.45) is -1.13. The molecule has 0 bridgehead atoms. The Balaban J connectivity index is 1.65. The van der Waals surface area contributed by atoms with Gasteiger partial charge in [-0.15, -0.1) is 0 Å². The van der Waals surface area contributed by atoms with Gasteiger partial charge in [-0.2, -0.15) is 0 Å². The van der Waals surface area contributed by atoms with E-state index in [4.69, 9.17) is 18.9 Å². The fourth-order valence-electron chi connectivity index (χ4n) is 3.03. The van der Waals surface area contributed by atoms with Crippen LogP contribution in [0.2, 0.25) is 0 Å². The van der Waals surface area contributed by atoms with Crippen molar-refractivity contribution in [1.29, 1.82) is 0 Å². The standard InChI is InChI=1S/C28H32N2O7/c1-27(2,3)36-25(32)29-18-10-12-21(13-11-18)34-23-15-20(31)16-24(17-23)35-22-9-7-8-19(14-22)30-26(33)37-28(4,5)6/h7-17,31H,1-6H3,(H,29,32)(H,30,33). The van der Waals surface area contributed by atoms with E-state index in [1.54, 1.807) is 96.1 Å². The molecule has 9 heteroatoms. The first-order valence-electron chi connectivity index (χ1n) is 11.6. The lowest BCUT2D eigenvalue weighted by Gasteiger charge is -2.19. The normalized spacial score (nSPS) is 11.3. The molecule has 0 spiro atoms. The zero-order chi connectivity index (χ0) is 27.2. The summed E-state index contributed by atoms with van der Waals surface area (Å²) in [5, 5.41) is 15.5. The zero-order valence-corrected chi connectivity index (χ0v) is 21.7. The summed E-state index contributed by atoms with van der Waals surface area (Å²) in [6.45, 7) is 10.7. The number of carbonyl (C=O) groups is 2. The van der Waals surface area contributed by atoms with Crippen molar-refractivity contribution in [2.75, 3.05) is 10.6 Å². The van der Waals surface area contributed by atoms with Crippen molar-refractivity contribution in [2.45, 2.75) is 52.7 Å². The van der Waals surface area contributed by atoms with Crippen LogP contribution in [0.25, 0.3) is 0 Å². The first-order valence-corrected chi connectivity index (χ1v) is 11.6. The lowest BCUT2D eigenvalue weighted by atomic mass is 10.2. The van der Waals surface area contributed by atoms with Crippen molar-refractivity contribution in [3.63, 3.8) is 0 Å². The Morgan fingerprint density at radius 1 is 0.622 bits per heavy atom. The van der Waals surface area contributed by atoms with Gasteiger partial charge >= 0.3 is 12.2 Å². The molecule has 0 atom stereocenters. The molecule has 9 nitrogen and oxygen atoms in total. The summed E-state index contributed by atoms with van der Waals surface area (Å²) in [6, 6.07) is 17.9. The van der Waals surface area contributed by atoms with Crippen LogP contribution >= 0.6 is 0 Å². The highest BCUT2D eigenvalue weighted by molar-refractivity contribution is 5.85. The van der Waals surface area contributed by atoms with E-state index in [9.17, 15) is 14.7 Å². The van der Waals surface area contributed by atoms with Crippen LogP contribution in [0, 0.1) is 0 Å². The van der Waals surface area contributed by atoms with E-state index in [-0.39, 0.29) is 5.75 Å². The highest BCUT2D eigenvalue weighted by Crippen LogP contribution is 2.34. The van der Waals surface area contributed by atoms with E-state index < -0.39 is 23.4 Å². The Bertz CT molecular complexity index is 1240. The van der Waals surface area contributed by atoms with Crippen molar-refractivity contribution in [1.82, 2.24) is 0 Å². The van der Waals surface area contributed by atoms with E-state index in [2.05, 4.69) is 10.6 Å². The molecule has 0 saturated carbocycles. The van der Waals surface area contributed by atoms with E-state index >= 15 is 0 Å². The SMILES string of the molecule is CC(C)(C)OC(=O)Nc1ccc(Oc2cc(O)cc(Oc3cccc(NC(=O)OC(C)(C)C)c3)c2)cc1. The van der Waals surface area contributed by atoms with Crippen molar-refractivity contribution < 1.29 is 33.6 Å². The van der Waals surface area contributed by atoms with Crippen LogP contribution in [0.3, 0.4) is 0 Å². The molecule has 0 aromatic heterocycles. The van der Waals surface area contributed by atoms with Gasteiger partial charge in [0.1, 0.15) is 39.9 Å². The molecule has 37 heavy (non-hydrogen) atoms. The first kappa shape index (κ1) is 27.2. The molecular weight excluding hydrogens is 476 g/mol. The van der Waals surface area contributed by atoms with Crippen LogP contribution in [0.1, 0.15) is 41.5 Å². The van der Waals surface area contributed by atoms with Gasteiger partial charge in [-0.25, -0.2) is 9.59 Å². The van der Waals surface area contributed by atoms with Crippen LogP contribution in [-0.4, -0.2) is 28.5 Å². The van der Waals surface area contributed by atoms with E-state index in [1.807, 2.05) is 0 Å². The maximum Gasteiger partial charge on any atom is 0.412 e.